The summed E-state index contributed by atoms with van der Waals surface area (Å²) < 4.78 is 42.3. The van der Waals surface area contributed by atoms with Gasteiger partial charge >= 0.3 is 6.18 Å². The third-order valence-electron chi connectivity index (χ3n) is 1.62. The highest BCUT2D eigenvalue weighted by molar-refractivity contribution is 5.75. The van der Waals surface area contributed by atoms with Crippen LogP contribution in [0.3, 0.4) is 0 Å². The Bertz CT molecular complexity index is 370. The summed E-state index contributed by atoms with van der Waals surface area (Å²) in [5, 5.41) is 3.24. The van der Waals surface area contributed by atoms with E-state index in [9.17, 15) is 18.0 Å². The molecule has 0 spiro atoms. The highest BCUT2D eigenvalue weighted by Crippen LogP contribution is 2.30. The number of hydrogen-bond donors (Lipinski definition) is 0. The molecule has 0 saturated heterocycles. The number of ketones is 1. The Morgan fingerprint density at radius 2 is 2.20 bits per heavy atom. The summed E-state index contributed by atoms with van der Waals surface area (Å²) >= 11 is 0. The van der Waals surface area contributed by atoms with Crippen molar-refractivity contribution in [3.63, 3.8) is 0 Å². The van der Waals surface area contributed by atoms with Gasteiger partial charge in [0.2, 0.25) is 5.88 Å². The van der Waals surface area contributed by atoms with Crippen molar-refractivity contribution >= 4 is 5.78 Å². The van der Waals surface area contributed by atoms with Crippen molar-refractivity contribution in [2.75, 3.05) is 7.11 Å². The lowest BCUT2D eigenvalue weighted by Gasteiger charge is -2.02. The van der Waals surface area contributed by atoms with Crippen LogP contribution in [0.25, 0.3) is 0 Å². The Morgan fingerprint density at radius 1 is 1.60 bits per heavy atom. The monoisotopic (exact) mass is 222 g/mol. The van der Waals surface area contributed by atoms with Gasteiger partial charge in [-0.3, -0.25) is 4.79 Å². The third kappa shape index (κ3) is 2.71. The summed E-state index contributed by atoms with van der Waals surface area (Å²) in [5.41, 5.74) is -1.07. The Hall–Kier alpha value is -1.53. The van der Waals surface area contributed by atoms with Crippen LogP contribution < -0.4 is 4.74 Å². The van der Waals surface area contributed by atoms with E-state index >= 15 is 0 Å². The van der Waals surface area contributed by atoms with Gasteiger partial charge in [-0.15, -0.1) is 0 Å². The molecule has 1 aromatic rings. The number of carbonyl (C=O) groups is 1. The zero-order valence-corrected chi connectivity index (χ0v) is 8.13. The number of methoxy groups -OCH3 is 1. The second-order valence-electron chi connectivity index (χ2n) is 2.93. The van der Waals surface area contributed by atoms with Crippen LogP contribution in [0, 0.1) is 0 Å². The molecule has 15 heavy (non-hydrogen) atoms. The van der Waals surface area contributed by atoms with Crippen molar-refractivity contribution in [3.8, 4) is 5.88 Å². The molecule has 0 unspecified atom stereocenters. The Labute approximate surface area is 83.6 Å². The zero-order valence-electron chi connectivity index (χ0n) is 8.13. The lowest BCUT2D eigenvalue weighted by Crippen LogP contribution is -2.11. The minimum atomic E-state index is -4.53. The number of halogens is 3. The summed E-state index contributed by atoms with van der Waals surface area (Å²) in [4.78, 5) is 10.7. The number of ether oxygens (including phenoxy) is 1. The Kier molecular flexibility index (Phi) is 3.01. The molecule has 7 heteroatoms. The molecular weight excluding hydrogens is 213 g/mol. The fourth-order valence-electron chi connectivity index (χ4n) is 1.03. The predicted molar refractivity (Wildman–Crippen MR) is 44.5 cm³/mol. The number of rotatable bonds is 3. The molecule has 4 nitrogen and oxygen atoms in total. The van der Waals surface area contributed by atoms with Gasteiger partial charge in [0.05, 0.1) is 7.11 Å². The molecule has 0 fully saturated rings. The molecule has 0 aliphatic rings. The molecule has 0 N–H and O–H groups in total. The van der Waals surface area contributed by atoms with Gasteiger partial charge in [-0.05, 0) is 6.92 Å². The molecule has 0 aromatic carbocycles. The highest BCUT2D eigenvalue weighted by Gasteiger charge is 2.35. The van der Waals surface area contributed by atoms with Gasteiger partial charge in [0.1, 0.15) is 6.54 Å². The minimum Gasteiger partial charge on any atom is -0.481 e. The lowest BCUT2D eigenvalue weighted by atomic mass is 10.4. The molecular formula is C8H9F3N2O2. The zero-order chi connectivity index (χ0) is 11.6. The lowest BCUT2D eigenvalue weighted by molar-refractivity contribution is -0.141. The van der Waals surface area contributed by atoms with Crippen LogP contribution in [-0.2, 0) is 17.5 Å². The Morgan fingerprint density at radius 3 is 2.60 bits per heavy atom. The summed E-state index contributed by atoms with van der Waals surface area (Å²) in [5.74, 6) is -0.386. The van der Waals surface area contributed by atoms with E-state index in [0.717, 1.165) is 10.7 Å². The quantitative estimate of drug-likeness (QED) is 0.778. The van der Waals surface area contributed by atoms with Crippen LogP contribution in [-0.4, -0.2) is 22.7 Å². The standard InChI is InChI=1S/C8H9F3N2O2/c1-5(14)4-13-7(15-2)3-6(12-13)8(9,10)11/h3H,4H2,1-2H3. The average molecular weight is 222 g/mol. The second-order valence-corrected chi connectivity index (χ2v) is 2.93. The van der Waals surface area contributed by atoms with Crippen molar-refractivity contribution in [1.82, 2.24) is 9.78 Å². The smallest absolute Gasteiger partial charge is 0.435 e. The molecule has 0 amide bonds. The second kappa shape index (κ2) is 3.92. The molecule has 0 aliphatic carbocycles. The van der Waals surface area contributed by atoms with E-state index in [1.54, 1.807) is 0 Å². The minimum absolute atomic E-state index is 0.0856. The topological polar surface area (TPSA) is 44.1 Å². The third-order valence-corrected chi connectivity index (χ3v) is 1.62. The van der Waals surface area contributed by atoms with Crippen LogP contribution >= 0.6 is 0 Å². The number of aromatic nitrogens is 2. The fourth-order valence-corrected chi connectivity index (χ4v) is 1.03. The van der Waals surface area contributed by atoms with E-state index in [0.29, 0.717) is 0 Å². The summed E-state index contributed by atoms with van der Waals surface area (Å²) in [7, 11) is 1.22. The SMILES string of the molecule is COc1cc(C(F)(F)F)nn1CC(C)=O. The molecule has 0 aliphatic heterocycles. The van der Waals surface area contributed by atoms with E-state index in [-0.39, 0.29) is 18.2 Å². The molecule has 84 valence electrons. The van der Waals surface area contributed by atoms with E-state index < -0.39 is 11.9 Å². The summed E-state index contributed by atoms with van der Waals surface area (Å²) in [6.07, 6.45) is -4.53. The first-order valence-electron chi connectivity index (χ1n) is 4.03. The maximum Gasteiger partial charge on any atom is 0.435 e. The van der Waals surface area contributed by atoms with Gasteiger partial charge in [-0.2, -0.15) is 18.3 Å². The van der Waals surface area contributed by atoms with Gasteiger partial charge in [0.25, 0.3) is 0 Å². The fraction of sp³-hybridized carbons (Fsp3) is 0.500. The molecule has 1 heterocycles. The molecule has 0 saturated carbocycles. The largest absolute Gasteiger partial charge is 0.481 e. The van der Waals surface area contributed by atoms with Crippen LogP contribution in [0.4, 0.5) is 13.2 Å². The maximum absolute atomic E-state index is 12.2. The molecule has 0 bridgehead atoms. The van der Waals surface area contributed by atoms with Crippen LogP contribution in [0.2, 0.25) is 0 Å². The molecule has 0 radical (unpaired) electrons. The predicted octanol–water partition coefficient (Wildman–Crippen LogP) is 1.50. The molecule has 1 aromatic heterocycles. The van der Waals surface area contributed by atoms with Gasteiger partial charge in [-0.1, -0.05) is 0 Å². The highest BCUT2D eigenvalue weighted by atomic mass is 19.4. The maximum atomic E-state index is 12.2. The van der Waals surface area contributed by atoms with Gasteiger partial charge in [-0.25, -0.2) is 4.68 Å². The number of hydrogen-bond acceptors (Lipinski definition) is 3. The van der Waals surface area contributed by atoms with Gasteiger partial charge < -0.3 is 4.74 Å². The first-order valence-corrected chi connectivity index (χ1v) is 4.03. The van der Waals surface area contributed by atoms with E-state index in [1.807, 2.05) is 0 Å². The molecule has 1 rings (SSSR count). The number of nitrogens with zero attached hydrogens (tertiary/aromatic N) is 2. The average Bonchev–Trinajstić information content (AvgIpc) is 2.45. The van der Waals surface area contributed by atoms with Crippen molar-refractivity contribution < 1.29 is 22.7 Å². The van der Waals surface area contributed by atoms with Crippen molar-refractivity contribution in [3.05, 3.63) is 11.8 Å². The van der Waals surface area contributed by atoms with Crippen LogP contribution in [0.1, 0.15) is 12.6 Å². The van der Waals surface area contributed by atoms with Gasteiger partial charge in [0.15, 0.2) is 11.5 Å². The van der Waals surface area contributed by atoms with Crippen molar-refractivity contribution in [2.45, 2.75) is 19.6 Å². The van der Waals surface area contributed by atoms with Crippen molar-refractivity contribution in [2.24, 2.45) is 0 Å². The van der Waals surface area contributed by atoms with E-state index in [4.69, 9.17) is 0 Å². The first-order chi connectivity index (χ1) is 6.84. The van der Waals surface area contributed by atoms with Crippen molar-refractivity contribution in [1.29, 1.82) is 0 Å². The molecule has 0 atom stereocenters. The first kappa shape index (κ1) is 11.5. The summed E-state index contributed by atoms with van der Waals surface area (Å²) in [6.45, 7) is 1.02. The number of Topliss-reactive ketones (excluding diaryl/α,β-unsaturated/α-hetero) is 1. The van der Waals surface area contributed by atoms with Gasteiger partial charge in [0, 0.05) is 6.07 Å². The normalized spacial score (nSPS) is 11.5. The summed E-state index contributed by atoms with van der Waals surface area (Å²) in [6, 6.07) is 0.753. The van der Waals surface area contributed by atoms with Crippen LogP contribution in [0.15, 0.2) is 6.07 Å². The number of alkyl halides is 3. The van der Waals surface area contributed by atoms with Crippen LogP contribution in [0.5, 0.6) is 5.88 Å². The number of carbonyl (C=O) groups excluding carboxylic acids is 1. The van der Waals surface area contributed by atoms with E-state index in [2.05, 4.69) is 9.84 Å². The van der Waals surface area contributed by atoms with E-state index in [1.165, 1.54) is 14.0 Å². The Balaban J connectivity index is 3.06.